The largest absolute Gasteiger partial charge is 0.374 e. The number of morpholine rings is 1. The molecule has 2 aromatic rings. The van der Waals surface area contributed by atoms with E-state index in [1.165, 1.54) is 6.33 Å². The molecule has 0 saturated carbocycles. The second kappa shape index (κ2) is 9.18. The zero-order valence-corrected chi connectivity index (χ0v) is 15.5. The number of aromatic nitrogens is 2. The Balaban J connectivity index is 1.41. The summed E-state index contributed by atoms with van der Waals surface area (Å²) in [5.41, 5.74) is 1.09. The SMILES string of the molecule is O=C(NCc1ncno1)NC[C@H]1CN(Cc2ccc(Cl)c(Cl)c2)CCO1. The summed E-state index contributed by atoms with van der Waals surface area (Å²) in [6, 6.07) is 5.32. The maximum absolute atomic E-state index is 11.8. The maximum Gasteiger partial charge on any atom is 0.315 e. The summed E-state index contributed by atoms with van der Waals surface area (Å²) >= 11 is 12.0. The first-order chi connectivity index (χ1) is 12.6. The van der Waals surface area contributed by atoms with Crippen LogP contribution in [0.4, 0.5) is 4.79 Å². The Morgan fingerprint density at radius 2 is 2.19 bits per heavy atom. The van der Waals surface area contributed by atoms with Gasteiger partial charge >= 0.3 is 6.03 Å². The molecule has 1 aromatic heterocycles. The fourth-order valence-corrected chi connectivity index (χ4v) is 2.96. The molecule has 0 radical (unpaired) electrons. The molecule has 140 valence electrons. The second-order valence-corrected chi connectivity index (χ2v) is 6.69. The van der Waals surface area contributed by atoms with Gasteiger partial charge < -0.3 is 19.9 Å². The van der Waals surface area contributed by atoms with Crippen molar-refractivity contribution in [3.8, 4) is 0 Å². The van der Waals surface area contributed by atoms with Gasteiger partial charge in [0.2, 0.25) is 5.89 Å². The summed E-state index contributed by atoms with van der Waals surface area (Å²) in [5.74, 6) is 0.349. The summed E-state index contributed by atoms with van der Waals surface area (Å²) in [5, 5.41) is 10.0. The first-order valence-corrected chi connectivity index (χ1v) is 8.91. The van der Waals surface area contributed by atoms with Crippen LogP contribution in [0.3, 0.4) is 0 Å². The normalized spacial score (nSPS) is 17.8. The minimum absolute atomic E-state index is 0.0827. The Labute approximate surface area is 160 Å². The predicted octanol–water partition coefficient (Wildman–Crippen LogP) is 2.08. The van der Waals surface area contributed by atoms with E-state index in [9.17, 15) is 4.79 Å². The van der Waals surface area contributed by atoms with Crippen LogP contribution in [0.1, 0.15) is 11.5 Å². The van der Waals surface area contributed by atoms with E-state index >= 15 is 0 Å². The topological polar surface area (TPSA) is 92.5 Å². The first-order valence-electron chi connectivity index (χ1n) is 8.15. The fourth-order valence-electron chi connectivity index (χ4n) is 2.64. The van der Waals surface area contributed by atoms with Gasteiger partial charge in [-0.05, 0) is 17.7 Å². The van der Waals surface area contributed by atoms with Gasteiger partial charge in [-0.2, -0.15) is 4.98 Å². The van der Waals surface area contributed by atoms with Gasteiger partial charge in [0.25, 0.3) is 0 Å². The highest BCUT2D eigenvalue weighted by atomic mass is 35.5. The van der Waals surface area contributed by atoms with Crippen molar-refractivity contribution in [3.63, 3.8) is 0 Å². The number of ether oxygens (including phenoxy) is 1. The van der Waals surface area contributed by atoms with Gasteiger partial charge in [-0.1, -0.05) is 34.4 Å². The molecule has 26 heavy (non-hydrogen) atoms. The van der Waals surface area contributed by atoms with E-state index in [-0.39, 0.29) is 18.7 Å². The third-order valence-corrected chi connectivity index (χ3v) is 4.65. The highest BCUT2D eigenvalue weighted by molar-refractivity contribution is 6.42. The quantitative estimate of drug-likeness (QED) is 0.772. The molecule has 2 N–H and O–H groups in total. The van der Waals surface area contributed by atoms with Crippen molar-refractivity contribution >= 4 is 29.2 Å². The van der Waals surface area contributed by atoms with Crippen molar-refractivity contribution in [2.24, 2.45) is 0 Å². The molecule has 0 unspecified atom stereocenters. The minimum atomic E-state index is -0.312. The second-order valence-electron chi connectivity index (χ2n) is 5.87. The lowest BCUT2D eigenvalue weighted by Gasteiger charge is -2.33. The highest BCUT2D eigenvalue weighted by Crippen LogP contribution is 2.23. The Morgan fingerprint density at radius 1 is 1.31 bits per heavy atom. The zero-order valence-electron chi connectivity index (χ0n) is 14.0. The Morgan fingerprint density at radius 3 is 2.96 bits per heavy atom. The van der Waals surface area contributed by atoms with Crippen LogP contribution in [0.25, 0.3) is 0 Å². The van der Waals surface area contributed by atoms with Crippen molar-refractivity contribution in [2.75, 3.05) is 26.2 Å². The molecule has 2 heterocycles. The van der Waals surface area contributed by atoms with Crippen LogP contribution in [-0.2, 0) is 17.8 Å². The van der Waals surface area contributed by atoms with Crippen molar-refractivity contribution in [2.45, 2.75) is 19.2 Å². The maximum atomic E-state index is 11.8. The number of carbonyl (C=O) groups excluding carboxylic acids is 1. The summed E-state index contributed by atoms with van der Waals surface area (Å²) in [7, 11) is 0. The molecular formula is C16H19Cl2N5O3. The molecule has 0 bridgehead atoms. The lowest BCUT2D eigenvalue weighted by molar-refractivity contribution is -0.0287. The Hall–Kier alpha value is -1.87. The van der Waals surface area contributed by atoms with E-state index in [0.717, 1.165) is 18.7 Å². The number of carbonyl (C=O) groups is 1. The molecule has 2 amide bonds. The molecule has 3 rings (SSSR count). The minimum Gasteiger partial charge on any atom is -0.374 e. The fraction of sp³-hybridized carbons (Fsp3) is 0.438. The zero-order chi connectivity index (χ0) is 18.4. The van der Waals surface area contributed by atoms with Crippen LogP contribution in [0.2, 0.25) is 10.0 Å². The van der Waals surface area contributed by atoms with Crippen LogP contribution in [0.15, 0.2) is 29.0 Å². The number of hydrogen-bond acceptors (Lipinski definition) is 6. The van der Waals surface area contributed by atoms with Gasteiger partial charge in [-0.25, -0.2) is 4.79 Å². The van der Waals surface area contributed by atoms with Crippen molar-refractivity contribution in [1.29, 1.82) is 0 Å². The molecule has 1 atom stereocenters. The van der Waals surface area contributed by atoms with E-state index in [1.807, 2.05) is 12.1 Å². The van der Waals surface area contributed by atoms with E-state index in [1.54, 1.807) is 6.07 Å². The van der Waals surface area contributed by atoms with Crippen LogP contribution in [-0.4, -0.2) is 53.4 Å². The van der Waals surface area contributed by atoms with Gasteiger partial charge in [0.15, 0.2) is 6.33 Å². The van der Waals surface area contributed by atoms with Crippen LogP contribution < -0.4 is 10.6 Å². The number of benzene rings is 1. The molecule has 8 nitrogen and oxygen atoms in total. The van der Waals surface area contributed by atoms with Crippen LogP contribution in [0.5, 0.6) is 0 Å². The van der Waals surface area contributed by atoms with E-state index in [0.29, 0.717) is 35.6 Å². The molecule has 0 aliphatic carbocycles. The smallest absolute Gasteiger partial charge is 0.315 e. The average molecular weight is 400 g/mol. The summed E-state index contributed by atoms with van der Waals surface area (Å²) in [6.07, 6.45) is 1.20. The average Bonchev–Trinajstić information content (AvgIpc) is 3.15. The lowest BCUT2D eigenvalue weighted by atomic mass is 10.2. The lowest BCUT2D eigenvalue weighted by Crippen LogP contribution is -2.48. The highest BCUT2D eigenvalue weighted by Gasteiger charge is 2.21. The molecule has 1 aliphatic rings. The Bertz CT molecular complexity index is 729. The number of rotatable bonds is 6. The standard InChI is InChI=1S/C16H19Cl2N5O3/c17-13-2-1-11(5-14(13)18)8-23-3-4-25-12(9-23)6-19-16(24)20-7-15-21-10-22-26-15/h1-2,5,10,12H,3-4,6-9H2,(H2,19,20,24)/t12-/m0/s1. The number of nitrogens with one attached hydrogen (secondary N) is 2. The van der Waals surface area contributed by atoms with Crippen LogP contribution in [0, 0.1) is 0 Å². The number of urea groups is 1. The molecule has 1 aliphatic heterocycles. The summed E-state index contributed by atoms with van der Waals surface area (Å²) in [4.78, 5) is 17.9. The summed E-state index contributed by atoms with van der Waals surface area (Å²) in [6.45, 7) is 3.48. The van der Waals surface area contributed by atoms with Gasteiger partial charge in [-0.15, -0.1) is 0 Å². The van der Waals surface area contributed by atoms with Crippen molar-refractivity contribution < 1.29 is 14.1 Å². The van der Waals surface area contributed by atoms with Crippen molar-refractivity contribution in [1.82, 2.24) is 25.7 Å². The number of amides is 2. The van der Waals surface area contributed by atoms with E-state index in [2.05, 4.69) is 25.7 Å². The number of halogens is 2. The molecule has 0 spiro atoms. The van der Waals surface area contributed by atoms with Crippen LogP contribution >= 0.6 is 23.2 Å². The number of nitrogens with zero attached hydrogens (tertiary/aromatic N) is 3. The molecule has 1 aromatic carbocycles. The van der Waals surface area contributed by atoms with E-state index in [4.69, 9.17) is 32.5 Å². The molecule has 10 heteroatoms. The first kappa shape index (κ1) is 18.9. The van der Waals surface area contributed by atoms with Gasteiger partial charge in [0.05, 0.1) is 29.3 Å². The van der Waals surface area contributed by atoms with Gasteiger partial charge in [0.1, 0.15) is 0 Å². The van der Waals surface area contributed by atoms with E-state index < -0.39 is 0 Å². The number of hydrogen-bond donors (Lipinski definition) is 2. The monoisotopic (exact) mass is 399 g/mol. The summed E-state index contributed by atoms with van der Waals surface area (Å²) < 4.78 is 10.5. The molecule has 1 fully saturated rings. The third-order valence-electron chi connectivity index (χ3n) is 3.91. The van der Waals surface area contributed by atoms with Crippen molar-refractivity contribution in [3.05, 3.63) is 46.0 Å². The van der Waals surface area contributed by atoms with Gasteiger partial charge in [-0.3, -0.25) is 4.90 Å². The molecular weight excluding hydrogens is 381 g/mol. The Kier molecular flexibility index (Phi) is 6.67. The van der Waals surface area contributed by atoms with Gasteiger partial charge in [0, 0.05) is 26.2 Å². The predicted molar refractivity (Wildman–Crippen MR) is 96.0 cm³/mol. The molecule has 1 saturated heterocycles. The third kappa shape index (κ3) is 5.57.